The molecule has 2 aromatic rings. The molecule has 0 saturated carbocycles. The normalized spacial score (nSPS) is 16.3. The summed E-state index contributed by atoms with van der Waals surface area (Å²) in [7, 11) is 0. The number of rotatable bonds is 4. The van der Waals surface area contributed by atoms with Crippen molar-refractivity contribution in [2.75, 3.05) is 13.1 Å². The number of hydrogen-bond acceptors (Lipinski definition) is 2. The third-order valence-electron chi connectivity index (χ3n) is 4.71. The van der Waals surface area contributed by atoms with Crippen molar-refractivity contribution in [1.82, 2.24) is 19.2 Å². The predicted molar refractivity (Wildman–Crippen MR) is 90.6 cm³/mol. The summed E-state index contributed by atoms with van der Waals surface area (Å²) < 4.78 is 4.10. The topological polar surface area (TPSA) is 43.1 Å². The quantitative estimate of drug-likeness (QED) is 0.869. The summed E-state index contributed by atoms with van der Waals surface area (Å²) in [5.41, 5.74) is 1.73. The molecule has 0 N–H and O–H groups in total. The molecule has 0 atom stereocenters. The molecule has 1 aliphatic heterocycles. The molecule has 0 spiro atoms. The Morgan fingerprint density at radius 1 is 1.26 bits per heavy atom. The van der Waals surface area contributed by atoms with Crippen molar-refractivity contribution in [3.63, 3.8) is 0 Å². The van der Waals surface area contributed by atoms with E-state index in [1.54, 1.807) is 0 Å². The number of piperidine rings is 1. The van der Waals surface area contributed by atoms with Crippen LogP contribution < -0.4 is 0 Å². The highest BCUT2D eigenvalue weighted by molar-refractivity contribution is 5.92. The van der Waals surface area contributed by atoms with E-state index >= 15 is 0 Å². The van der Waals surface area contributed by atoms with Crippen LogP contribution in [0.1, 0.15) is 61.8 Å². The van der Waals surface area contributed by atoms with Gasteiger partial charge in [0.15, 0.2) is 0 Å². The van der Waals surface area contributed by atoms with E-state index in [4.69, 9.17) is 0 Å². The van der Waals surface area contributed by atoms with Gasteiger partial charge in [0.1, 0.15) is 5.69 Å². The average molecular weight is 314 g/mol. The molecular weight excluding hydrogens is 288 g/mol. The molecule has 5 nitrogen and oxygen atoms in total. The minimum Gasteiger partial charge on any atom is -0.351 e. The lowest BCUT2D eigenvalue weighted by Crippen LogP contribution is -2.39. The van der Waals surface area contributed by atoms with E-state index in [1.807, 2.05) is 22.6 Å². The van der Waals surface area contributed by atoms with E-state index in [0.29, 0.717) is 12.0 Å². The predicted octanol–water partition coefficient (Wildman–Crippen LogP) is 3.31. The summed E-state index contributed by atoms with van der Waals surface area (Å²) in [6.07, 6.45) is 6.25. The van der Waals surface area contributed by atoms with E-state index in [1.165, 1.54) is 0 Å². The number of carbonyl (C=O) groups is 1. The first kappa shape index (κ1) is 15.8. The Labute approximate surface area is 137 Å². The minimum absolute atomic E-state index is 0.122. The van der Waals surface area contributed by atoms with Crippen LogP contribution in [0.2, 0.25) is 0 Å². The third-order valence-corrected chi connectivity index (χ3v) is 4.71. The monoisotopic (exact) mass is 314 g/mol. The molecule has 1 aliphatic rings. The van der Waals surface area contributed by atoms with Gasteiger partial charge in [0, 0.05) is 38.1 Å². The molecule has 1 amide bonds. The molecule has 1 saturated heterocycles. The molecule has 124 valence electrons. The van der Waals surface area contributed by atoms with Crippen LogP contribution in [0.3, 0.4) is 0 Å². The molecule has 0 aliphatic carbocycles. The molecule has 1 fully saturated rings. The SMILES string of the molecule is CCn1nc(C(C)C)cc1C(=O)N1CCC(n2cccc2)CC1. The van der Waals surface area contributed by atoms with Gasteiger partial charge in [-0.05, 0) is 43.9 Å². The molecular formula is C18H26N4O. The molecule has 0 radical (unpaired) electrons. The number of nitrogens with zero attached hydrogens (tertiary/aromatic N) is 4. The highest BCUT2D eigenvalue weighted by Crippen LogP contribution is 2.24. The number of carbonyl (C=O) groups excluding carboxylic acids is 1. The van der Waals surface area contributed by atoms with E-state index < -0.39 is 0 Å². The number of hydrogen-bond donors (Lipinski definition) is 0. The summed E-state index contributed by atoms with van der Waals surface area (Å²) >= 11 is 0. The smallest absolute Gasteiger partial charge is 0.272 e. The minimum atomic E-state index is 0.122. The van der Waals surface area contributed by atoms with Crippen LogP contribution in [0.4, 0.5) is 0 Å². The summed E-state index contributed by atoms with van der Waals surface area (Å²) in [6, 6.07) is 6.60. The van der Waals surface area contributed by atoms with Gasteiger partial charge in [-0.1, -0.05) is 13.8 Å². The van der Waals surface area contributed by atoms with Crippen LogP contribution in [0.5, 0.6) is 0 Å². The maximum absolute atomic E-state index is 12.9. The molecule has 0 aromatic carbocycles. The summed E-state index contributed by atoms with van der Waals surface area (Å²) in [5.74, 6) is 0.464. The van der Waals surface area contributed by atoms with Crippen LogP contribution in [0, 0.1) is 0 Å². The van der Waals surface area contributed by atoms with Gasteiger partial charge >= 0.3 is 0 Å². The zero-order valence-corrected chi connectivity index (χ0v) is 14.3. The van der Waals surface area contributed by atoms with Gasteiger partial charge < -0.3 is 9.47 Å². The third kappa shape index (κ3) is 3.19. The highest BCUT2D eigenvalue weighted by Gasteiger charge is 2.26. The summed E-state index contributed by atoms with van der Waals surface area (Å²) in [6.45, 7) is 8.61. The van der Waals surface area contributed by atoms with Crippen molar-refractivity contribution in [3.8, 4) is 0 Å². The number of aromatic nitrogens is 3. The molecule has 3 heterocycles. The molecule has 0 unspecified atom stereocenters. The second-order valence-electron chi connectivity index (χ2n) is 6.58. The van der Waals surface area contributed by atoms with E-state index in [2.05, 4.69) is 48.0 Å². The second-order valence-corrected chi connectivity index (χ2v) is 6.58. The number of amides is 1. The Morgan fingerprint density at radius 3 is 2.48 bits per heavy atom. The summed E-state index contributed by atoms with van der Waals surface area (Å²) in [5, 5.41) is 4.56. The molecule has 23 heavy (non-hydrogen) atoms. The number of likely N-dealkylation sites (tertiary alicyclic amines) is 1. The Hall–Kier alpha value is -2.04. The highest BCUT2D eigenvalue weighted by atomic mass is 16.2. The molecule has 2 aromatic heterocycles. The molecule has 5 heteroatoms. The lowest BCUT2D eigenvalue weighted by atomic mass is 10.0. The van der Waals surface area contributed by atoms with Gasteiger partial charge in [-0.15, -0.1) is 0 Å². The number of aryl methyl sites for hydroxylation is 1. The van der Waals surface area contributed by atoms with Crippen LogP contribution >= 0.6 is 0 Å². The largest absolute Gasteiger partial charge is 0.351 e. The van der Waals surface area contributed by atoms with Crippen LogP contribution in [0.15, 0.2) is 30.6 Å². The fourth-order valence-corrected chi connectivity index (χ4v) is 3.25. The van der Waals surface area contributed by atoms with Crippen molar-refractivity contribution < 1.29 is 4.79 Å². The van der Waals surface area contributed by atoms with Crippen LogP contribution in [-0.4, -0.2) is 38.2 Å². The van der Waals surface area contributed by atoms with E-state index in [-0.39, 0.29) is 5.91 Å². The standard InChI is InChI=1S/C18H26N4O/c1-4-22-17(13-16(19-22)14(2)3)18(23)21-11-7-15(8-12-21)20-9-5-6-10-20/h5-6,9-10,13-15H,4,7-8,11-12H2,1-3H3. The van der Waals surface area contributed by atoms with Crippen LogP contribution in [-0.2, 0) is 6.54 Å². The molecule has 3 rings (SSSR count). The van der Waals surface area contributed by atoms with Gasteiger partial charge in [0.2, 0.25) is 0 Å². The first-order valence-electron chi connectivity index (χ1n) is 8.59. The van der Waals surface area contributed by atoms with Crippen molar-refractivity contribution in [3.05, 3.63) is 42.0 Å². The van der Waals surface area contributed by atoms with E-state index in [0.717, 1.165) is 43.9 Å². The Kier molecular flexibility index (Phi) is 4.55. The van der Waals surface area contributed by atoms with Crippen molar-refractivity contribution in [2.45, 2.75) is 52.1 Å². The Bertz CT molecular complexity index is 649. The fraction of sp³-hybridized carbons (Fsp3) is 0.556. The zero-order chi connectivity index (χ0) is 16.4. The van der Waals surface area contributed by atoms with Gasteiger partial charge in [0.25, 0.3) is 5.91 Å². The van der Waals surface area contributed by atoms with Gasteiger partial charge in [0.05, 0.1) is 5.69 Å². The van der Waals surface area contributed by atoms with Crippen molar-refractivity contribution in [2.24, 2.45) is 0 Å². The average Bonchev–Trinajstić information content (AvgIpc) is 3.23. The van der Waals surface area contributed by atoms with Crippen molar-refractivity contribution >= 4 is 5.91 Å². The zero-order valence-electron chi connectivity index (χ0n) is 14.3. The first-order valence-corrected chi connectivity index (χ1v) is 8.59. The lowest BCUT2D eigenvalue weighted by Gasteiger charge is -2.32. The van der Waals surface area contributed by atoms with E-state index in [9.17, 15) is 4.79 Å². The van der Waals surface area contributed by atoms with Crippen LogP contribution in [0.25, 0.3) is 0 Å². The second kappa shape index (κ2) is 6.60. The summed E-state index contributed by atoms with van der Waals surface area (Å²) in [4.78, 5) is 14.8. The maximum atomic E-state index is 12.9. The lowest BCUT2D eigenvalue weighted by molar-refractivity contribution is 0.0682. The van der Waals surface area contributed by atoms with Gasteiger partial charge in [-0.25, -0.2) is 0 Å². The Balaban J connectivity index is 1.70. The molecule has 0 bridgehead atoms. The first-order chi connectivity index (χ1) is 11.1. The van der Waals surface area contributed by atoms with Gasteiger partial charge in [-0.2, -0.15) is 5.10 Å². The van der Waals surface area contributed by atoms with Crippen molar-refractivity contribution in [1.29, 1.82) is 0 Å². The fourth-order valence-electron chi connectivity index (χ4n) is 3.25. The van der Waals surface area contributed by atoms with Gasteiger partial charge in [-0.3, -0.25) is 9.48 Å². The Morgan fingerprint density at radius 2 is 1.91 bits per heavy atom. The maximum Gasteiger partial charge on any atom is 0.272 e.